The van der Waals surface area contributed by atoms with Crippen molar-refractivity contribution in [1.29, 1.82) is 0 Å². The van der Waals surface area contributed by atoms with Gasteiger partial charge in [0.05, 0.1) is 4.34 Å². The molecule has 1 saturated heterocycles. The van der Waals surface area contributed by atoms with Crippen LogP contribution in [0.5, 0.6) is 0 Å². The van der Waals surface area contributed by atoms with Gasteiger partial charge in [0.15, 0.2) is 5.96 Å². The minimum atomic E-state index is 0.846. The van der Waals surface area contributed by atoms with Crippen molar-refractivity contribution in [3.05, 3.63) is 27.2 Å². The number of nitrogens with zero attached hydrogens (tertiary/aromatic N) is 5. The Labute approximate surface area is 161 Å². The Balaban J connectivity index is 1.46. The van der Waals surface area contributed by atoms with Gasteiger partial charge < -0.3 is 15.1 Å². The average Bonchev–Trinajstić information content (AvgIpc) is 3.28. The zero-order valence-electron chi connectivity index (χ0n) is 14.5. The standard InChI is InChI=1S/C16H23ClN6S2/c1-3-14-20-16(25-21-14)23-10-8-22(9-11-23)15(18-2)19-7-6-12-4-5-13(17)24-12/h4-5H,3,6-11H2,1-2H3,(H,18,19). The molecule has 0 unspecified atom stereocenters. The molecule has 0 saturated carbocycles. The van der Waals surface area contributed by atoms with Gasteiger partial charge in [0.1, 0.15) is 5.82 Å². The van der Waals surface area contributed by atoms with Crippen molar-refractivity contribution in [2.24, 2.45) is 4.99 Å². The van der Waals surface area contributed by atoms with Gasteiger partial charge >= 0.3 is 0 Å². The van der Waals surface area contributed by atoms with Crippen LogP contribution in [0, 0.1) is 0 Å². The molecule has 0 bridgehead atoms. The van der Waals surface area contributed by atoms with Gasteiger partial charge in [-0.15, -0.1) is 11.3 Å². The summed E-state index contributed by atoms with van der Waals surface area (Å²) in [5.41, 5.74) is 0. The Morgan fingerprint density at radius 1 is 1.32 bits per heavy atom. The number of aromatic nitrogens is 2. The molecule has 0 radical (unpaired) electrons. The molecule has 1 N–H and O–H groups in total. The van der Waals surface area contributed by atoms with E-state index < -0.39 is 0 Å². The summed E-state index contributed by atoms with van der Waals surface area (Å²) < 4.78 is 5.23. The monoisotopic (exact) mass is 398 g/mol. The topological polar surface area (TPSA) is 56.7 Å². The second kappa shape index (κ2) is 8.82. The number of nitrogens with one attached hydrogen (secondary N) is 1. The second-order valence-corrected chi connectivity index (χ2v) is 8.28. The molecule has 3 heterocycles. The summed E-state index contributed by atoms with van der Waals surface area (Å²) in [6.07, 6.45) is 1.85. The van der Waals surface area contributed by atoms with Crippen molar-refractivity contribution in [1.82, 2.24) is 19.6 Å². The van der Waals surface area contributed by atoms with Crippen LogP contribution in [0.1, 0.15) is 17.6 Å². The molecule has 136 valence electrons. The molecular weight excluding hydrogens is 376 g/mol. The number of guanidine groups is 1. The molecule has 2 aromatic rings. The highest BCUT2D eigenvalue weighted by atomic mass is 35.5. The Hall–Kier alpha value is -1.38. The molecule has 6 nitrogen and oxygen atoms in total. The molecule has 0 aromatic carbocycles. The zero-order valence-corrected chi connectivity index (χ0v) is 16.9. The van der Waals surface area contributed by atoms with Crippen molar-refractivity contribution in [3.8, 4) is 0 Å². The van der Waals surface area contributed by atoms with E-state index in [1.807, 2.05) is 13.1 Å². The average molecular weight is 399 g/mol. The van der Waals surface area contributed by atoms with E-state index in [1.165, 1.54) is 16.4 Å². The van der Waals surface area contributed by atoms with E-state index in [0.717, 1.165) is 66.8 Å². The van der Waals surface area contributed by atoms with Crippen molar-refractivity contribution < 1.29 is 0 Å². The third-order valence-corrected chi connectivity index (χ3v) is 6.22. The summed E-state index contributed by atoms with van der Waals surface area (Å²) in [5.74, 6) is 1.91. The molecule has 1 fully saturated rings. The van der Waals surface area contributed by atoms with E-state index in [-0.39, 0.29) is 0 Å². The number of aliphatic imine (C=N–C) groups is 1. The molecule has 0 atom stereocenters. The highest BCUT2D eigenvalue weighted by molar-refractivity contribution is 7.16. The van der Waals surface area contributed by atoms with Gasteiger partial charge in [0.2, 0.25) is 5.13 Å². The molecule has 3 rings (SSSR count). The van der Waals surface area contributed by atoms with Crippen molar-refractivity contribution in [2.75, 3.05) is 44.7 Å². The van der Waals surface area contributed by atoms with Crippen molar-refractivity contribution in [2.45, 2.75) is 19.8 Å². The molecule has 2 aromatic heterocycles. The maximum Gasteiger partial charge on any atom is 0.205 e. The van der Waals surface area contributed by atoms with Crippen LogP contribution in [0.2, 0.25) is 4.34 Å². The first-order valence-corrected chi connectivity index (χ1v) is 10.4. The predicted octanol–water partition coefficient (Wildman–Crippen LogP) is 2.76. The lowest BCUT2D eigenvalue weighted by Crippen LogP contribution is -2.52. The summed E-state index contributed by atoms with van der Waals surface area (Å²) in [4.78, 5) is 14.9. The van der Waals surface area contributed by atoms with Gasteiger partial charge in [0, 0.05) is 62.6 Å². The maximum absolute atomic E-state index is 5.98. The quantitative estimate of drug-likeness (QED) is 0.620. The highest BCUT2D eigenvalue weighted by Gasteiger charge is 2.21. The Bertz CT molecular complexity index is 705. The minimum Gasteiger partial charge on any atom is -0.356 e. The number of rotatable bonds is 5. The van der Waals surface area contributed by atoms with E-state index in [9.17, 15) is 0 Å². The van der Waals surface area contributed by atoms with Crippen LogP contribution >= 0.6 is 34.5 Å². The molecule has 1 aliphatic heterocycles. The summed E-state index contributed by atoms with van der Waals surface area (Å²) in [7, 11) is 1.84. The van der Waals surface area contributed by atoms with E-state index in [4.69, 9.17) is 11.6 Å². The molecule has 9 heteroatoms. The second-order valence-electron chi connectivity index (χ2n) is 5.75. The van der Waals surface area contributed by atoms with Gasteiger partial charge in [-0.3, -0.25) is 4.99 Å². The van der Waals surface area contributed by atoms with Crippen LogP contribution in [0.4, 0.5) is 5.13 Å². The zero-order chi connectivity index (χ0) is 17.6. The number of aryl methyl sites for hydroxylation is 1. The molecule has 0 aliphatic carbocycles. The Morgan fingerprint density at radius 3 is 2.72 bits per heavy atom. The SMILES string of the molecule is CCc1nsc(N2CCN(C(=NC)NCCc3ccc(Cl)s3)CC2)n1. The van der Waals surface area contributed by atoms with E-state index >= 15 is 0 Å². The fourth-order valence-electron chi connectivity index (χ4n) is 2.74. The first-order valence-electron chi connectivity index (χ1n) is 8.47. The number of thiophene rings is 1. The van der Waals surface area contributed by atoms with Crippen LogP contribution in [0.15, 0.2) is 17.1 Å². The van der Waals surface area contributed by atoms with Crippen LogP contribution in [0.25, 0.3) is 0 Å². The van der Waals surface area contributed by atoms with E-state index in [0.29, 0.717) is 0 Å². The van der Waals surface area contributed by atoms with Gasteiger partial charge in [-0.05, 0) is 18.6 Å². The van der Waals surface area contributed by atoms with Crippen molar-refractivity contribution >= 4 is 45.6 Å². The lowest BCUT2D eigenvalue weighted by Gasteiger charge is -2.36. The van der Waals surface area contributed by atoms with Crippen LogP contribution < -0.4 is 10.2 Å². The number of halogens is 1. The highest BCUT2D eigenvalue weighted by Crippen LogP contribution is 2.21. The van der Waals surface area contributed by atoms with Gasteiger partial charge in [-0.1, -0.05) is 18.5 Å². The maximum atomic E-state index is 5.98. The van der Waals surface area contributed by atoms with Gasteiger partial charge in [-0.25, -0.2) is 4.98 Å². The third kappa shape index (κ3) is 4.83. The van der Waals surface area contributed by atoms with E-state index in [2.05, 4.69) is 42.5 Å². The largest absolute Gasteiger partial charge is 0.356 e. The lowest BCUT2D eigenvalue weighted by atomic mass is 10.3. The van der Waals surface area contributed by atoms with E-state index in [1.54, 1.807) is 11.3 Å². The summed E-state index contributed by atoms with van der Waals surface area (Å²) >= 11 is 9.12. The van der Waals surface area contributed by atoms with Gasteiger partial charge in [0.25, 0.3) is 0 Å². The Kier molecular flexibility index (Phi) is 6.50. The molecular formula is C16H23ClN6S2. The van der Waals surface area contributed by atoms with Crippen LogP contribution in [0.3, 0.4) is 0 Å². The number of hydrogen-bond acceptors (Lipinski definition) is 6. The van der Waals surface area contributed by atoms with Crippen molar-refractivity contribution in [3.63, 3.8) is 0 Å². The fourth-order valence-corrected chi connectivity index (χ4v) is 4.63. The summed E-state index contributed by atoms with van der Waals surface area (Å²) in [5, 5.41) is 4.50. The van der Waals surface area contributed by atoms with Crippen LogP contribution in [-0.2, 0) is 12.8 Å². The lowest BCUT2D eigenvalue weighted by molar-refractivity contribution is 0.373. The molecule has 1 aliphatic rings. The Morgan fingerprint density at radius 2 is 2.12 bits per heavy atom. The molecule has 0 spiro atoms. The first kappa shape index (κ1) is 18.4. The number of hydrogen-bond donors (Lipinski definition) is 1. The molecule has 25 heavy (non-hydrogen) atoms. The summed E-state index contributed by atoms with van der Waals surface area (Å²) in [6.45, 7) is 6.71. The number of anilines is 1. The van der Waals surface area contributed by atoms with Crippen LogP contribution in [-0.4, -0.2) is 60.0 Å². The van der Waals surface area contributed by atoms with Gasteiger partial charge in [-0.2, -0.15) is 4.37 Å². The third-order valence-electron chi connectivity index (χ3n) is 4.12. The predicted molar refractivity (Wildman–Crippen MR) is 107 cm³/mol. The summed E-state index contributed by atoms with van der Waals surface area (Å²) in [6, 6.07) is 4.04. The fraction of sp³-hybridized carbons (Fsp3) is 0.562. The molecule has 0 amide bonds. The minimum absolute atomic E-state index is 0.846. The first-order chi connectivity index (χ1) is 12.2. The normalized spacial score (nSPS) is 15.7. The smallest absolute Gasteiger partial charge is 0.205 e. The number of piperazine rings is 1.